The van der Waals surface area contributed by atoms with E-state index in [2.05, 4.69) is 4.99 Å². The highest BCUT2D eigenvalue weighted by Gasteiger charge is 2.60. The van der Waals surface area contributed by atoms with Crippen molar-refractivity contribution in [2.45, 2.75) is 55.9 Å². The zero-order chi connectivity index (χ0) is 20.3. The van der Waals surface area contributed by atoms with Crippen molar-refractivity contribution < 1.29 is 30.7 Å². The predicted molar refractivity (Wildman–Crippen MR) is 101 cm³/mol. The highest BCUT2D eigenvalue weighted by atomic mass is 32.2. The van der Waals surface area contributed by atoms with E-state index in [1.165, 1.54) is 17.8 Å². The number of hydrogen-bond acceptors (Lipinski definition) is 10. The standard InChI is InChI=1S/C17H29N3O6S/c1-2-11-4-5-12(14(21)22)15(8-11,10-17(18,24)25)16(23,20-26)9-13-19-6-3-7-27-13/h3-7,11-14,20-26H,2,8-10,18H2,1H3. The number of nitrogens with zero attached hydrogens (tertiary/aromatic N) is 1. The lowest BCUT2D eigenvalue weighted by atomic mass is 9.57. The second-order valence-electron chi connectivity index (χ2n) is 7.30. The molecule has 5 atom stereocenters. The van der Waals surface area contributed by atoms with E-state index in [9.17, 15) is 30.7 Å². The first-order valence-electron chi connectivity index (χ1n) is 8.82. The Hall–Kier alpha value is -0.820. The van der Waals surface area contributed by atoms with Crippen molar-refractivity contribution in [2.75, 3.05) is 0 Å². The normalized spacial score (nSPS) is 33.4. The van der Waals surface area contributed by atoms with Crippen molar-refractivity contribution in [3.8, 4) is 0 Å². The Kier molecular flexibility index (Phi) is 7.22. The van der Waals surface area contributed by atoms with Crippen molar-refractivity contribution in [3.05, 3.63) is 23.6 Å². The van der Waals surface area contributed by atoms with E-state index in [4.69, 9.17) is 5.73 Å². The number of hydrogen-bond donors (Lipinski definition) is 8. The largest absolute Gasteiger partial charge is 0.373 e. The Morgan fingerprint density at radius 2 is 2.04 bits per heavy atom. The molecule has 10 heteroatoms. The number of aliphatic hydroxyl groups is 5. The van der Waals surface area contributed by atoms with Gasteiger partial charge in [0.25, 0.3) is 0 Å². The van der Waals surface area contributed by atoms with E-state index < -0.39 is 41.1 Å². The molecule has 0 saturated heterocycles. The lowest BCUT2D eigenvalue weighted by Crippen LogP contribution is -2.67. The smallest absolute Gasteiger partial charge is 0.220 e. The summed E-state index contributed by atoms with van der Waals surface area (Å²) in [5.41, 5.74) is 3.62. The van der Waals surface area contributed by atoms with E-state index in [-0.39, 0.29) is 18.8 Å². The van der Waals surface area contributed by atoms with Crippen LogP contribution in [-0.4, -0.2) is 60.3 Å². The number of hydroxylamine groups is 1. The SMILES string of the molecule is CCC1C=CC(C(O)O)C(CC(N)(O)O)(C(O)(CC2N=CC=CS2)NO)C1. The van der Waals surface area contributed by atoms with Gasteiger partial charge >= 0.3 is 0 Å². The number of aliphatic imine (C=N–C) groups is 1. The summed E-state index contributed by atoms with van der Waals surface area (Å²) in [6.07, 6.45) is 4.77. The molecule has 154 valence electrons. The van der Waals surface area contributed by atoms with Crippen LogP contribution in [0.5, 0.6) is 0 Å². The summed E-state index contributed by atoms with van der Waals surface area (Å²) in [4.78, 5) is 4.23. The van der Waals surface area contributed by atoms with Gasteiger partial charge in [-0.2, -0.15) is 5.48 Å². The highest BCUT2D eigenvalue weighted by Crippen LogP contribution is 2.54. The average molecular weight is 404 g/mol. The van der Waals surface area contributed by atoms with Crippen LogP contribution in [0.4, 0.5) is 0 Å². The van der Waals surface area contributed by atoms with E-state index in [1.807, 2.05) is 12.4 Å². The Bertz CT molecular complexity index is 594. The van der Waals surface area contributed by atoms with Gasteiger partial charge in [0.2, 0.25) is 5.91 Å². The molecule has 1 heterocycles. The summed E-state index contributed by atoms with van der Waals surface area (Å²) in [6, 6.07) is 0. The maximum absolute atomic E-state index is 11.4. The van der Waals surface area contributed by atoms with Gasteiger partial charge in [-0.1, -0.05) is 19.1 Å². The number of nitrogens with two attached hydrogens (primary N) is 1. The van der Waals surface area contributed by atoms with Crippen LogP contribution in [0.15, 0.2) is 28.6 Å². The predicted octanol–water partition coefficient (Wildman–Crippen LogP) is -0.412. The van der Waals surface area contributed by atoms with Crippen LogP contribution in [-0.2, 0) is 0 Å². The van der Waals surface area contributed by atoms with Crippen molar-refractivity contribution in [1.29, 1.82) is 0 Å². The fourth-order valence-corrected chi connectivity index (χ4v) is 4.93. The zero-order valence-electron chi connectivity index (χ0n) is 15.1. The Labute approximate surface area is 162 Å². The van der Waals surface area contributed by atoms with Crippen LogP contribution in [0.25, 0.3) is 0 Å². The Morgan fingerprint density at radius 1 is 1.33 bits per heavy atom. The van der Waals surface area contributed by atoms with Crippen LogP contribution in [0.1, 0.15) is 32.6 Å². The highest BCUT2D eigenvalue weighted by molar-refractivity contribution is 8.02. The summed E-state index contributed by atoms with van der Waals surface area (Å²) in [7, 11) is 0. The molecule has 0 bridgehead atoms. The van der Waals surface area contributed by atoms with Crippen molar-refractivity contribution in [2.24, 2.45) is 28.0 Å². The van der Waals surface area contributed by atoms with Gasteiger partial charge in [0, 0.05) is 30.4 Å². The van der Waals surface area contributed by atoms with Gasteiger partial charge in [-0.25, -0.2) is 0 Å². The fraction of sp³-hybridized carbons (Fsp3) is 0.706. The average Bonchev–Trinajstić information content (AvgIpc) is 2.60. The minimum absolute atomic E-state index is 0.0929. The van der Waals surface area contributed by atoms with Gasteiger partial charge in [0.15, 0.2) is 6.29 Å². The first-order valence-corrected chi connectivity index (χ1v) is 9.76. The molecule has 9 N–H and O–H groups in total. The van der Waals surface area contributed by atoms with Crippen LogP contribution in [0.2, 0.25) is 0 Å². The summed E-state index contributed by atoms with van der Waals surface area (Å²) in [6.45, 7) is 1.92. The molecule has 5 unspecified atom stereocenters. The third-order valence-electron chi connectivity index (χ3n) is 5.41. The molecule has 0 aromatic heterocycles. The molecule has 0 amide bonds. The van der Waals surface area contributed by atoms with Crippen LogP contribution in [0.3, 0.4) is 0 Å². The Morgan fingerprint density at radius 3 is 2.52 bits per heavy atom. The maximum atomic E-state index is 11.4. The van der Waals surface area contributed by atoms with E-state index in [0.717, 1.165) is 0 Å². The molecule has 1 aliphatic heterocycles. The molecule has 2 rings (SSSR count). The molecule has 0 saturated carbocycles. The zero-order valence-corrected chi connectivity index (χ0v) is 16.0. The van der Waals surface area contributed by atoms with Crippen molar-refractivity contribution in [1.82, 2.24) is 5.48 Å². The number of nitrogens with one attached hydrogen (secondary N) is 1. The number of allylic oxidation sites excluding steroid dienone is 2. The summed E-state index contributed by atoms with van der Waals surface area (Å²) < 4.78 is 0. The monoisotopic (exact) mass is 403 g/mol. The molecule has 0 spiro atoms. The summed E-state index contributed by atoms with van der Waals surface area (Å²) in [5, 5.41) is 62.5. The van der Waals surface area contributed by atoms with Gasteiger partial charge in [-0.3, -0.25) is 10.7 Å². The van der Waals surface area contributed by atoms with E-state index in [1.54, 1.807) is 23.8 Å². The number of rotatable bonds is 8. The minimum atomic E-state index is -2.70. The van der Waals surface area contributed by atoms with Crippen LogP contribution < -0.4 is 11.2 Å². The molecule has 1 aliphatic carbocycles. The van der Waals surface area contributed by atoms with E-state index >= 15 is 0 Å². The van der Waals surface area contributed by atoms with Gasteiger partial charge in [-0.15, -0.1) is 11.8 Å². The molecule has 0 aromatic carbocycles. The third kappa shape index (κ3) is 4.97. The summed E-state index contributed by atoms with van der Waals surface area (Å²) in [5.74, 6) is -3.91. The van der Waals surface area contributed by atoms with Crippen LogP contribution >= 0.6 is 11.8 Å². The molecule has 9 nitrogen and oxygen atoms in total. The number of thioether (sulfide) groups is 1. The third-order valence-corrected chi connectivity index (χ3v) is 6.32. The molecule has 0 radical (unpaired) electrons. The Balaban J connectivity index is 2.53. The second kappa shape index (κ2) is 8.68. The van der Waals surface area contributed by atoms with Crippen molar-refractivity contribution in [3.63, 3.8) is 0 Å². The van der Waals surface area contributed by atoms with Crippen LogP contribution in [0, 0.1) is 17.3 Å². The maximum Gasteiger partial charge on any atom is 0.220 e. The molecular weight excluding hydrogens is 374 g/mol. The molecule has 0 fully saturated rings. The van der Waals surface area contributed by atoms with Gasteiger partial charge in [0.05, 0.1) is 0 Å². The first-order chi connectivity index (χ1) is 12.6. The topological polar surface area (TPSA) is 172 Å². The second-order valence-corrected chi connectivity index (χ2v) is 8.39. The first kappa shape index (κ1) is 22.5. The van der Waals surface area contributed by atoms with Gasteiger partial charge in [-0.05, 0) is 30.2 Å². The lowest BCUT2D eigenvalue weighted by Gasteiger charge is -2.55. The quantitative estimate of drug-likeness (QED) is 0.152. The number of aliphatic hydroxyl groups excluding tert-OH is 1. The molecule has 2 aliphatic rings. The van der Waals surface area contributed by atoms with Gasteiger partial charge in [0.1, 0.15) is 11.1 Å². The van der Waals surface area contributed by atoms with Gasteiger partial charge < -0.3 is 30.7 Å². The fourth-order valence-electron chi connectivity index (χ4n) is 4.11. The minimum Gasteiger partial charge on any atom is -0.373 e. The summed E-state index contributed by atoms with van der Waals surface area (Å²) >= 11 is 1.31. The molecule has 27 heavy (non-hydrogen) atoms. The van der Waals surface area contributed by atoms with Crippen molar-refractivity contribution >= 4 is 18.0 Å². The van der Waals surface area contributed by atoms with E-state index in [0.29, 0.717) is 6.42 Å². The molecule has 0 aromatic rings. The lowest BCUT2D eigenvalue weighted by molar-refractivity contribution is -0.275. The molecular formula is C17H29N3O6S.